The summed E-state index contributed by atoms with van der Waals surface area (Å²) in [6, 6.07) is 14.3. The first-order valence-corrected chi connectivity index (χ1v) is 10.1. The first-order valence-electron chi connectivity index (χ1n) is 10.1. The van der Waals surface area contributed by atoms with Gasteiger partial charge in [0.15, 0.2) is 11.5 Å². The predicted molar refractivity (Wildman–Crippen MR) is 116 cm³/mol. The number of hydrogen-bond acceptors (Lipinski definition) is 4. The summed E-state index contributed by atoms with van der Waals surface area (Å²) < 4.78 is 10.7. The van der Waals surface area contributed by atoms with E-state index in [1.54, 1.807) is 20.3 Å². The lowest BCUT2D eigenvalue weighted by Gasteiger charge is -2.34. The van der Waals surface area contributed by atoms with Gasteiger partial charge in [0.05, 0.1) is 14.2 Å². The summed E-state index contributed by atoms with van der Waals surface area (Å²) in [4.78, 5) is 16.8. The molecule has 1 fully saturated rings. The van der Waals surface area contributed by atoms with Crippen LogP contribution in [0.2, 0.25) is 0 Å². The van der Waals surface area contributed by atoms with E-state index in [0.717, 1.165) is 56.2 Å². The Morgan fingerprint density at radius 1 is 0.931 bits per heavy atom. The molecular weight excluding hydrogens is 364 g/mol. The fourth-order valence-corrected chi connectivity index (χ4v) is 3.50. The lowest BCUT2D eigenvalue weighted by Crippen LogP contribution is -2.47. The van der Waals surface area contributed by atoms with Gasteiger partial charge in [-0.3, -0.25) is 9.69 Å². The van der Waals surface area contributed by atoms with E-state index in [1.165, 1.54) is 11.1 Å². The van der Waals surface area contributed by atoms with Gasteiger partial charge >= 0.3 is 0 Å². The Kier molecular flexibility index (Phi) is 7.30. The molecule has 1 aliphatic heterocycles. The molecule has 0 unspecified atom stereocenters. The normalized spacial score (nSPS) is 14.9. The molecule has 0 spiro atoms. The van der Waals surface area contributed by atoms with Crippen LogP contribution in [0.1, 0.15) is 23.6 Å². The highest BCUT2D eigenvalue weighted by Crippen LogP contribution is 2.28. The van der Waals surface area contributed by atoms with Crippen molar-refractivity contribution in [3.63, 3.8) is 0 Å². The minimum absolute atomic E-state index is 0.0790. The molecule has 3 rings (SSSR count). The van der Waals surface area contributed by atoms with Gasteiger partial charge in [0.1, 0.15) is 0 Å². The molecule has 0 aliphatic carbocycles. The third-order valence-corrected chi connectivity index (χ3v) is 5.34. The molecule has 154 valence electrons. The van der Waals surface area contributed by atoms with E-state index < -0.39 is 0 Å². The maximum absolute atomic E-state index is 12.5. The quantitative estimate of drug-likeness (QED) is 0.673. The average molecular weight is 395 g/mol. The molecule has 0 radical (unpaired) electrons. The SMILES string of the molecule is CCc1ccc(/C=C/C(=O)N2CCN(Cc3ccc(OC)c(OC)c3)CC2)cc1. The van der Waals surface area contributed by atoms with E-state index in [0.29, 0.717) is 0 Å². The van der Waals surface area contributed by atoms with Gasteiger partial charge in [-0.25, -0.2) is 0 Å². The molecule has 5 nitrogen and oxygen atoms in total. The molecule has 0 atom stereocenters. The monoisotopic (exact) mass is 394 g/mol. The van der Waals surface area contributed by atoms with Gasteiger partial charge in [-0.05, 0) is 41.3 Å². The Hall–Kier alpha value is -2.79. The number of rotatable bonds is 7. The van der Waals surface area contributed by atoms with Crippen molar-refractivity contribution in [2.45, 2.75) is 19.9 Å². The van der Waals surface area contributed by atoms with Crippen LogP contribution in [0.4, 0.5) is 0 Å². The van der Waals surface area contributed by atoms with E-state index >= 15 is 0 Å². The zero-order valence-electron chi connectivity index (χ0n) is 17.6. The Morgan fingerprint density at radius 3 is 2.21 bits per heavy atom. The van der Waals surface area contributed by atoms with Crippen LogP contribution in [0.25, 0.3) is 6.08 Å². The molecule has 0 bridgehead atoms. The second-order valence-electron chi connectivity index (χ2n) is 7.22. The fourth-order valence-electron chi connectivity index (χ4n) is 3.50. The lowest BCUT2D eigenvalue weighted by molar-refractivity contribution is -0.127. The Labute approximate surface area is 173 Å². The van der Waals surface area contributed by atoms with Crippen molar-refractivity contribution >= 4 is 12.0 Å². The Bertz CT molecular complexity index is 838. The molecule has 1 aliphatic rings. The summed E-state index contributed by atoms with van der Waals surface area (Å²) in [5, 5.41) is 0. The van der Waals surface area contributed by atoms with Gasteiger partial charge in [-0.1, -0.05) is 37.3 Å². The Morgan fingerprint density at radius 2 is 1.59 bits per heavy atom. The smallest absolute Gasteiger partial charge is 0.246 e. The fraction of sp³-hybridized carbons (Fsp3) is 0.375. The van der Waals surface area contributed by atoms with Crippen LogP contribution in [0.15, 0.2) is 48.5 Å². The first-order chi connectivity index (χ1) is 14.1. The number of hydrogen-bond donors (Lipinski definition) is 0. The molecule has 0 aromatic heterocycles. The van der Waals surface area contributed by atoms with Gasteiger partial charge in [0.2, 0.25) is 5.91 Å². The van der Waals surface area contributed by atoms with Gasteiger partial charge in [0, 0.05) is 38.8 Å². The number of nitrogens with zero attached hydrogens (tertiary/aromatic N) is 2. The van der Waals surface area contributed by atoms with Gasteiger partial charge < -0.3 is 14.4 Å². The maximum Gasteiger partial charge on any atom is 0.246 e. The number of benzene rings is 2. The van der Waals surface area contributed by atoms with E-state index in [9.17, 15) is 4.79 Å². The maximum atomic E-state index is 12.5. The summed E-state index contributed by atoms with van der Waals surface area (Å²) in [6.45, 7) is 6.18. The summed E-state index contributed by atoms with van der Waals surface area (Å²) >= 11 is 0. The van der Waals surface area contributed by atoms with Crippen LogP contribution in [0.5, 0.6) is 11.5 Å². The molecule has 0 N–H and O–H groups in total. The molecule has 1 amide bonds. The Balaban J connectivity index is 1.50. The topological polar surface area (TPSA) is 42.0 Å². The number of amides is 1. The van der Waals surface area contributed by atoms with Crippen LogP contribution in [-0.4, -0.2) is 56.1 Å². The van der Waals surface area contributed by atoms with E-state index in [4.69, 9.17) is 9.47 Å². The minimum atomic E-state index is 0.0790. The van der Waals surface area contributed by atoms with Crippen LogP contribution < -0.4 is 9.47 Å². The standard InChI is InChI=1S/C24H30N2O3/c1-4-19-5-7-20(8-6-19)10-12-24(27)26-15-13-25(14-16-26)18-21-9-11-22(28-2)23(17-21)29-3/h5-12,17H,4,13-16,18H2,1-3H3/b12-10+. The van der Waals surface area contributed by atoms with E-state index in [-0.39, 0.29) is 5.91 Å². The van der Waals surface area contributed by atoms with Crippen LogP contribution in [0, 0.1) is 0 Å². The predicted octanol–water partition coefficient (Wildman–Crippen LogP) is 3.62. The highest BCUT2D eigenvalue weighted by atomic mass is 16.5. The van der Waals surface area contributed by atoms with Crippen LogP contribution in [0.3, 0.4) is 0 Å². The van der Waals surface area contributed by atoms with Crippen molar-refractivity contribution < 1.29 is 14.3 Å². The highest BCUT2D eigenvalue weighted by molar-refractivity contribution is 5.91. The third-order valence-electron chi connectivity index (χ3n) is 5.34. The molecule has 2 aromatic rings. The molecule has 0 saturated carbocycles. The largest absolute Gasteiger partial charge is 0.493 e. The second kappa shape index (κ2) is 10.1. The summed E-state index contributed by atoms with van der Waals surface area (Å²) in [7, 11) is 3.29. The second-order valence-corrected chi connectivity index (χ2v) is 7.22. The zero-order valence-corrected chi connectivity index (χ0v) is 17.6. The summed E-state index contributed by atoms with van der Waals surface area (Å²) in [5.74, 6) is 1.56. The zero-order chi connectivity index (χ0) is 20.6. The van der Waals surface area contributed by atoms with Crippen molar-refractivity contribution in [2.75, 3.05) is 40.4 Å². The number of ether oxygens (including phenoxy) is 2. The van der Waals surface area contributed by atoms with E-state index in [1.807, 2.05) is 23.1 Å². The van der Waals surface area contributed by atoms with Crippen LogP contribution in [-0.2, 0) is 17.8 Å². The molecular formula is C24H30N2O3. The summed E-state index contributed by atoms with van der Waals surface area (Å²) in [6.07, 6.45) is 4.61. The molecule has 1 heterocycles. The molecule has 2 aromatic carbocycles. The van der Waals surface area contributed by atoms with Gasteiger partial charge in [-0.2, -0.15) is 0 Å². The minimum Gasteiger partial charge on any atom is -0.493 e. The number of carbonyl (C=O) groups excluding carboxylic acids is 1. The third kappa shape index (κ3) is 5.61. The lowest BCUT2D eigenvalue weighted by atomic mass is 10.1. The number of piperazine rings is 1. The number of methoxy groups -OCH3 is 2. The summed E-state index contributed by atoms with van der Waals surface area (Å²) in [5.41, 5.74) is 3.54. The first kappa shape index (κ1) is 20.9. The number of aryl methyl sites for hydroxylation is 1. The highest BCUT2D eigenvalue weighted by Gasteiger charge is 2.20. The van der Waals surface area contributed by atoms with Crippen LogP contribution >= 0.6 is 0 Å². The molecule has 5 heteroatoms. The number of carbonyl (C=O) groups is 1. The van der Waals surface area contributed by atoms with E-state index in [2.05, 4.69) is 42.2 Å². The average Bonchev–Trinajstić information content (AvgIpc) is 2.78. The van der Waals surface area contributed by atoms with Crippen molar-refractivity contribution in [3.8, 4) is 11.5 Å². The van der Waals surface area contributed by atoms with Gasteiger partial charge in [0.25, 0.3) is 0 Å². The molecule has 29 heavy (non-hydrogen) atoms. The van der Waals surface area contributed by atoms with Gasteiger partial charge in [-0.15, -0.1) is 0 Å². The van der Waals surface area contributed by atoms with Crippen molar-refractivity contribution in [2.24, 2.45) is 0 Å². The molecule has 1 saturated heterocycles. The van der Waals surface area contributed by atoms with Crippen molar-refractivity contribution in [1.29, 1.82) is 0 Å². The van der Waals surface area contributed by atoms with Crippen molar-refractivity contribution in [1.82, 2.24) is 9.80 Å². The van der Waals surface area contributed by atoms with Crippen molar-refractivity contribution in [3.05, 3.63) is 65.2 Å².